The Morgan fingerprint density at radius 2 is 1.76 bits per heavy atom. The van der Waals surface area contributed by atoms with Gasteiger partial charge in [-0.1, -0.05) is 23.7 Å². The molecule has 0 saturated heterocycles. The van der Waals surface area contributed by atoms with E-state index in [9.17, 15) is 12.8 Å². The molecule has 3 atom stereocenters. The molecule has 1 saturated carbocycles. The molecule has 0 bridgehead atoms. The molecule has 2 aromatic carbocycles. The van der Waals surface area contributed by atoms with E-state index in [1.54, 1.807) is 12.1 Å². The molecule has 1 aliphatic carbocycles. The highest BCUT2D eigenvalue weighted by Crippen LogP contribution is 2.47. The van der Waals surface area contributed by atoms with Crippen LogP contribution in [-0.2, 0) is 9.84 Å². The van der Waals surface area contributed by atoms with E-state index >= 15 is 0 Å². The summed E-state index contributed by atoms with van der Waals surface area (Å²) < 4.78 is 38.4. The Bertz CT molecular complexity index is 777. The third kappa shape index (κ3) is 2.57. The lowest BCUT2D eigenvalue weighted by Crippen LogP contribution is -2.15. The molecule has 21 heavy (non-hydrogen) atoms. The fourth-order valence-electron chi connectivity index (χ4n) is 2.61. The summed E-state index contributed by atoms with van der Waals surface area (Å²) in [5.41, 5.74) is 6.53. The van der Waals surface area contributed by atoms with E-state index in [2.05, 4.69) is 0 Å². The van der Waals surface area contributed by atoms with Gasteiger partial charge in [0.05, 0.1) is 10.1 Å². The second kappa shape index (κ2) is 5.09. The van der Waals surface area contributed by atoms with E-state index in [0.29, 0.717) is 10.6 Å². The van der Waals surface area contributed by atoms with Gasteiger partial charge in [-0.2, -0.15) is 0 Å². The number of hydrogen-bond donors (Lipinski definition) is 1. The number of sulfone groups is 1. The molecule has 0 amide bonds. The first-order valence-corrected chi connectivity index (χ1v) is 8.34. The number of rotatable bonds is 3. The fraction of sp³-hybridized carbons (Fsp3) is 0.200. The molecule has 110 valence electrons. The Balaban J connectivity index is 1.93. The first-order valence-electron chi connectivity index (χ1n) is 6.42. The fourth-order valence-corrected chi connectivity index (χ4v) is 4.78. The Morgan fingerprint density at radius 1 is 1.10 bits per heavy atom. The lowest BCUT2D eigenvalue weighted by atomic mass is 10.1. The van der Waals surface area contributed by atoms with Crippen molar-refractivity contribution in [1.29, 1.82) is 0 Å². The van der Waals surface area contributed by atoms with Gasteiger partial charge in [-0.05, 0) is 42.0 Å². The predicted molar refractivity (Wildman–Crippen MR) is 79.5 cm³/mol. The average Bonchev–Trinajstić information content (AvgIpc) is 3.12. The topological polar surface area (TPSA) is 60.2 Å². The van der Waals surface area contributed by atoms with Gasteiger partial charge < -0.3 is 5.73 Å². The molecule has 0 unspecified atom stereocenters. The van der Waals surface area contributed by atoms with E-state index in [1.165, 1.54) is 36.4 Å². The van der Waals surface area contributed by atoms with Crippen molar-refractivity contribution in [2.45, 2.75) is 22.1 Å². The van der Waals surface area contributed by atoms with Crippen molar-refractivity contribution in [3.8, 4) is 0 Å². The molecule has 0 heterocycles. The highest BCUT2D eigenvalue weighted by molar-refractivity contribution is 7.92. The zero-order valence-corrected chi connectivity index (χ0v) is 12.5. The molecule has 0 radical (unpaired) electrons. The number of benzene rings is 2. The molecular formula is C15H13ClFNO2S. The van der Waals surface area contributed by atoms with Crippen molar-refractivity contribution < 1.29 is 12.8 Å². The summed E-state index contributed by atoms with van der Waals surface area (Å²) in [4.78, 5) is 0.186. The maximum absolute atomic E-state index is 13.3. The second-order valence-electron chi connectivity index (χ2n) is 5.12. The van der Waals surface area contributed by atoms with Gasteiger partial charge in [0.15, 0.2) is 9.84 Å². The average molecular weight is 326 g/mol. The van der Waals surface area contributed by atoms with Crippen molar-refractivity contribution in [3.63, 3.8) is 0 Å². The third-order valence-electron chi connectivity index (χ3n) is 3.74. The minimum absolute atomic E-state index is 0.186. The van der Waals surface area contributed by atoms with E-state index in [4.69, 9.17) is 17.3 Å². The highest BCUT2D eigenvalue weighted by Gasteiger charge is 2.57. The van der Waals surface area contributed by atoms with E-state index in [0.717, 1.165) is 0 Å². The predicted octanol–water partition coefficient (Wildman–Crippen LogP) is 2.75. The van der Waals surface area contributed by atoms with Crippen LogP contribution in [0.25, 0.3) is 0 Å². The highest BCUT2D eigenvalue weighted by atomic mass is 35.5. The Kier molecular flexibility index (Phi) is 3.51. The first-order chi connectivity index (χ1) is 9.91. The summed E-state index contributed by atoms with van der Waals surface area (Å²) in [6.07, 6.45) is 0. The number of halogens is 2. The molecule has 0 aromatic heterocycles. The summed E-state index contributed by atoms with van der Waals surface area (Å²) in [7, 11) is -3.55. The van der Waals surface area contributed by atoms with Crippen molar-refractivity contribution in [2.75, 3.05) is 0 Å². The molecule has 1 fully saturated rings. The second-order valence-corrected chi connectivity index (χ2v) is 7.66. The van der Waals surface area contributed by atoms with Crippen LogP contribution in [0, 0.1) is 5.82 Å². The molecule has 2 aromatic rings. The molecule has 1 aliphatic rings. The van der Waals surface area contributed by atoms with E-state index in [-0.39, 0.29) is 10.8 Å². The molecule has 2 N–H and O–H groups in total. The summed E-state index contributed by atoms with van der Waals surface area (Å²) >= 11 is 5.77. The monoisotopic (exact) mass is 325 g/mol. The van der Waals surface area contributed by atoms with Crippen LogP contribution in [0.15, 0.2) is 53.4 Å². The quantitative estimate of drug-likeness (QED) is 0.944. The standard InChI is InChI=1S/C15H13ClFNO2S/c16-10-4-6-12(7-5-10)21(19,20)15-13(14(15)18)9-2-1-3-11(17)8-9/h1-8,13-15H,18H2/t13-,14+,15+/m1/s1. The van der Waals surface area contributed by atoms with Crippen LogP contribution in [0.2, 0.25) is 5.02 Å². The Morgan fingerprint density at radius 3 is 2.38 bits per heavy atom. The van der Waals surface area contributed by atoms with Gasteiger partial charge in [-0.3, -0.25) is 0 Å². The van der Waals surface area contributed by atoms with Crippen LogP contribution in [0.1, 0.15) is 11.5 Å². The van der Waals surface area contributed by atoms with Gasteiger partial charge in [-0.25, -0.2) is 12.8 Å². The van der Waals surface area contributed by atoms with Crippen LogP contribution in [-0.4, -0.2) is 19.7 Å². The maximum Gasteiger partial charge on any atom is 0.183 e. The SMILES string of the molecule is N[C@H]1[C@@H](c2cccc(F)c2)[C@@H]1S(=O)(=O)c1ccc(Cl)cc1. The van der Waals surface area contributed by atoms with Crippen molar-refractivity contribution >= 4 is 21.4 Å². The summed E-state index contributed by atoms with van der Waals surface area (Å²) in [5.74, 6) is -0.768. The number of hydrogen-bond acceptors (Lipinski definition) is 3. The van der Waals surface area contributed by atoms with Crippen molar-refractivity contribution in [2.24, 2.45) is 5.73 Å². The lowest BCUT2D eigenvalue weighted by Gasteiger charge is -2.04. The van der Waals surface area contributed by atoms with Gasteiger partial charge in [-0.15, -0.1) is 0 Å². The maximum atomic E-state index is 13.3. The Labute approximate surface area is 127 Å². The van der Waals surface area contributed by atoms with E-state index < -0.39 is 26.9 Å². The van der Waals surface area contributed by atoms with Crippen LogP contribution in [0.4, 0.5) is 4.39 Å². The van der Waals surface area contributed by atoms with Gasteiger partial charge in [0.25, 0.3) is 0 Å². The zero-order valence-electron chi connectivity index (χ0n) is 10.9. The molecule has 3 nitrogen and oxygen atoms in total. The molecule has 6 heteroatoms. The molecule has 3 rings (SSSR count). The Hall–Kier alpha value is -1.43. The first kappa shape index (κ1) is 14.5. The summed E-state index contributed by atoms with van der Waals surface area (Å²) in [5, 5.41) is -0.254. The molecular weight excluding hydrogens is 313 g/mol. The van der Waals surface area contributed by atoms with Crippen LogP contribution < -0.4 is 5.73 Å². The largest absolute Gasteiger partial charge is 0.326 e. The van der Waals surface area contributed by atoms with Crippen LogP contribution in [0.5, 0.6) is 0 Å². The van der Waals surface area contributed by atoms with Crippen molar-refractivity contribution in [3.05, 3.63) is 64.9 Å². The zero-order chi connectivity index (χ0) is 15.2. The lowest BCUT2D eigenvalue weighted by molar-refractivity contribution is 0.593. The summed E-state index contributed by atoms with van der Waals surface area (Å²) in [6, 6.07) is 11.4. The minimum atomic E-state index is -3.55. The number of nitrogens with two attached hydrogens (primary N) is 1. The third-order valence-corrected chi connectivity index (χ3v) is 6.25. The minimum Gasteiger partial charge on any atom is -0.326 e. The molecule has 0 aliphatic heterocycles. The van der Waals surface area contributed by atoms with Gasteiger partial charge >= 0.3 is 0 Å². The summed E-state index contributed by atoms with van der Waals surface area (Å²) in [6.45, 7) is 0. The van der Waals surface area contributed by atoms with Crippen molar-refractivity contribution in [1.82, 2.24) is 0 Å². The van der Waals surface area contributed by atoms with Crippen LogP contribution >= 0.6 is 11.6 Å². The van der Waals surface area contributed by atoms with E-state index in [1.807, 2.05) is 0 Å². The van der Waals surface area contributed by atoms with Gasteiger partial charge in [0, 0.05) is 17.0 Å². The smallest absolute Gasteiger partial charge is 0.183 e. The molecule has 0 spiro atoms. The van der Waals surface area contributed by atoms with Gasteiger partial charge in [0.2, 0.25) is 0 Å². The van der Waals surface area contributed by atoms with Crippen LogP contribution in [0.3, 0.4) is 0 Å². The normalized spacial score (nSPS) is 24.8. The van der Waals surface area contributed by atoms with Gasteiger partial charge in [0.1, 0.15) is 5.82 Å².